The predicted molar refractivity (Wildman–Crippen MR) is 64.5 cm³/mol. The molecule has 0 unspecified atom stereocenters. The van der Waals surface area contributed by atoms with Gasteiger partial charge in [0.05, 0.1) is 6.08 Å². The Morgan fingerprint density at radius 1 is 1.22 bits per heavy atom. The molecule has 0 atom stereocenters. The standard InChI is InChI=1S/C12H7ClN2O3/c13-9-4-1-8(2-5-9)3-6-12(17)18-11-7-10(16)14-15-11/h1-7H. The molecule has 0 radical (unpaired) electrons. The number of rotatable bonds is 3. The van der Waals surface area contributed by atoms with E-state index in [1.54, 1.807) is 30.3 Å². The lowest BCUT2D eigenvalue weighted by atomic mass is 10.2. The quantitative estimate of drug-likeness (QED) is 0.621. The van der Waals surface area contributed by atoms with Crippen LogP contribution in [0.1, 0.15) is 5.56 Å². The molecule has 6 heteroatoms. The van der Waals surface area contributed by atoms with E-state index in [0.29, 0.717) is 5.02 Å². The predicted octanol–water partition coefficient (Wildman–Crippen LogP) is 2.73. The molecule has 1 amide bonds. The first kappa shape index (κ1) is 12.2. The number of azo groups is 1. The summed E-state index contributed by atoms with van der Waals surface area (Å²) in [4.78, 5) is 22.0. The summed E-state index contributed by atoms with van der Waals surface area (Å²) in [5, 5.41) is 7.16. The molecule has 1 aliphatic rings. The van der Waals surface area contributed by atoms with Gasteiger partial charge in [-0.3, -0.25) is 4.79 Å². The molecule has 0 saturated carbocycles. The lowest BCUT2D eigenvalue weighted by Gasteiger charge is -1.96. The molecule has 1 heterocycles. The number of hydrogen-bond donors (Lipinski definition) is 0. The van der Waals surface area contributed by atoms with Gasteiger partial charge in [-0.25, -0.2) is 4.79 Å². The fraction of sp³-hybridized carbons (Fsp3) is 0. The molecule has 1 aliphatic heterocycles. The van der Waals surface area contributed by atoms with Gasteiger partial charge in [-0.1, -0.05) is 23.7 Å². The second-order valence-electron chi connectivity index (χ2n) is 3.33. The molecule has 0 N–H and O–H groups in total. The Morgan fingerprint density at radius 3 is 2.56 bits per heavy atom. The zero-order valence-electron chi connectivity index (χ0n) is 9.04. The van der Waals surface area contributed by atoms with Gasteiger partial charge in [0.15, 0.2) is 0 Å². The Bertz CT molecular complexity index is 573. The first-order valence-electron chi connectivity index (χ1n) is 4.96. The SMILES string of the molecule is O=C1C=C(OC(=O)C=Cc2ccc(Cl)cc2)N=N1. The maximum absolute atomic E-state index is 11.4. The molecule has 1 aromatic carbocycles. The van der Waals surface area contributed by atoms with Crippen LogP contribution in [0.5, 0.6) is 0 Å². The van der Waals surface area contributed by atoms with Gasteiger partial charge < -0.3 is 4.74 Å². The van der Waals surface area contributed by atoms with Crippen LogP contribution in [0.2, 0.25) is 5.02 Å². The Labute approximate surface area is 107 Å². The van der Waals surface area contributed by atoms with Crippen molar-refractivity contribution in [1.82, 2.24) is 0 Å². The highest BCUT2D eigenvalue weighted by Crippen LogP contribution is 2.12. The van der Waals surface area contributed by atoms with Crippen LogP contribution in [0.15, 0.2) is 52.5 Å². The monoisotopic (exact) mass is 262 g/mol. The summed E-state index contributed by atoms with van der Waals surface area (Å²) in [6.45, 7) is 0. The van der Waals surface area contributed by atoms with Crippen LogP contribution in [0.4, 0.5) is 0 Å². The second-order valence-corrected chi connectivity index (χ2v) is 3.76. The van der Waals surface area contributed by atoms with Crippen LogP contribution in [0.25, 0.3) is 6.08 Å². The number of carbonyl (C=O) groups excluding carboxylic acids is 2. The van der Waals surface area contributed by atoms with Crippen LogP contribution in [-0.4, -0.2) is 11.9 Å². The minimum absolute atomic E-state index is 0.106. The number of carbonyl (C=O) groups is 2. The molecule has 0 saturated heterocycles. The average molecular weight is 263 g/mol. The van der Waals surface area contributed by atoms with Crippen LogP contribution in [0, 0.1) is 0 Å². The van der Waals surface area contributed by atoms with Crippen molar-refractivity contribution in [3.8, 4) is 0 Å². The summed E-state index contributed by atoms with van der Waals surface area (Å²) in [7, 11) is 0. The third-order valence-electron chi connectivity index (χ3n) is 1.98. The largest absolute Gasteiger partial charge is 0.402 e. The van der Waals surface area contributed by atoms with Gasteiger partial charge in [0.1, 0.15) is 0 Å². The smallest absolute Gasteiger partial charge is 0.337 e. The lowest BCUT2D eigenvalue weighted by Crippen LogP contribution is -1.98. The Morgan fingerprint density at radius 2 is 1.94 bits per heavy atom. The topological polar surface area (TPSA) is 68.1 Å². The number of halogens is 1. The zero-order chi connectivity index (χ0) is 13.0. The molecule has 2 rings (SSSR count). The number of benzene rings is 1. The van der Waals surface area contributed by atoms with Gasteiger partial charge in [-0.15, -0.1) is 10.2 Å². The molecular weight excluding hydrogens is 256 g/mol. The van der Waals surface area contributed by atoms with E-state index in [1.807, 2.05) is 0 Å². The second kappa shape index (κ2) is 5.37. The van der Waals surface area contributed by atoms with E-state index in [4.69, 9.17) is 16.3 Å². The van der Waals surface area contributed by atoms with Crippen molar-refractivity contribution in [2.24, 2.45) is 10.2 Å². The van der Waals surface area contributed by atoms with Crippen molar-refractivity contribution in [2.75, 3.05) is 0 Å². The van der Waals surface area contributed by atoms with E-state index in [0.717, 1.165) is 11.6 Å². The van der Waals surface area contributed by atoms with E-state index in [1.165, 1.54) is 6.08 Å². The Kier molecular flexibility index (Phi) is 3.64. The van der Waals surface area contributed by atoms with Crippen LogP contribution in [-0.2, 0) is 14.3 Å². The van der Waals surface area contributed by atoms with E-state index in [9.17, 15) is 9.59 Å². The summed E-state index contributed by atoms with van der Waals surface area (Å²) < 4.78 is 4.76. The maximum Gasteiger partial charge on any atom is 0.337 e. The fourth-order valence-electron chi connectivity index (χ4n) is 1.19. The third-order valence-corrected chi connectivity index (χ3v) is 2.23. The molecule has 0 aliphatic carbocycles. The Hall–Kier alpha value is -2.27. The minimum atomic E-state index is -0.634. The number of esters is 1. The summed E-state index contributed by atoms with van der Waals surface area (Å²) >= 11 is 5.72. The van der Waals surface area contributed by atoms with Gasteiger partial charge in [-0.05, 0) is 23.8 Å². The summed E-state index contributed by atoms with van der Waals surface area (Å²) in [5.74, 6) is -1.28. The molecule has 0 aromatic heterocycles. The van der Waals surface area contributed by atoms with E-state index >= 15 is 0 Å². The lowest BCUT2D eigenvalue weighted by molar-refractivity contribution is -0.133. The summed E-state index contributed by atoms with van der Waals surface area (Å²) in [6.07, 6.45) is 3.82. The highest BCUT2D eigenvalue weighted by atomic mass is 35.5. The van der Waals surface area contributed by atoms with Crippen molar-refractivity contribution in [3.63, 3.8) is 0 Å². The van der Waals surface area contributed by atoms with Gasteiger partial charge in [0.25, 0.3) is 5.91 Å². The maximum atomic E-state index is 11.4. The summed E-state index contributed by atoms with van der Waals surface area (Å²) in [5.41, 5.74) is 0.800. The number of amides is 1. The van der Waals surface area contributed by atoms with Crippen molar-refractivity contribution >= 4 is 29.6 Å². The Balaban J connectivity index is 1.95. The molecule has 90 valence electrons. The highest BCUT2D eigenvalue weighted by Gasteiger charge is 2.11. The van der Waals surface area contributed by atoms with E-state index < -0.39 is 11.9 Å². The van der Waals surface area contributed by atoms with Crippen molar-refractivity contribution in [2.45, 2.75) is 0 Å². The molecule has 0 bridgehead atoms. The van der Waals surface area contributed by atoms with Crippen molar-refractivity contribution in [3.05, 3.63) is 52.9 Å². The van der Waals surface area contributed by atoms with E-state index in [-0.39, 0.29) is 5.88 Å². The normalized spacial score (nSPS) is 14.1. The zero-order valence-corrected chi connectivity index (χ0v) is 9.79. The molecule has 5 nitrogen and oxygen atoms in total. The van der Waals surface area contributed by atoms with Gasteiger partial charge in [0.2, 0.25) is 5.88 Å². The first-order chi connectivity index (χ1) is 8.63. The fourth-order valence-corrected chi connectivity index (χ4v) is 1.31. The number of ether oxygens (including phenoxy) is 1. The third kappa shape index (κ3) is 3.36. The van der Waals surface area contributed by atoms with Gasteiger partial charge >= 0.3 is 5.97 Å². The van der Waals surface area contributed by atoms with Gasteiger partial charge in [-0.2, -0.15) is 0 Å². The first-order valence-corrected chi connectivity index (χ1v) is 5.34. The van der Waals surface area contributed by atoms with Crippen LogP contribution < -0.4 is 0 Å². The molecule has 1 aromatic rings. The van der Waals surface area contributed by atoms with Crippen molar-refractivity contribution < 1.29 is 14.3 Å². The molecule has 0 fully saturated rings. The van der Waals surface area contributed by atoms with Crippen LogP contribution in [0.3, 0.4) is 0 Å². The highest BCUT2D eigenvalue weighted by molar-refractivity contribution is 6.30. The minimum Gasteiger partial charge on any atom is -0.402 e. The summed E-state index contributed by atoms with van der Waals surface area (Å²) in [6, 6.07) is 6.92. The van der Waals surface area contributed by atoms with Gasteiger partial charge in [0, 0.05) is 11.1 Å². The molecular formula is C12H7ClN2O3. The average Bonchev–Trinajstić information content (AvgIpc) is 2.74. The number of nitrogens with zero attached hydrogens (tertiary/aromatic N) is 2. The molecule has 0 spiro atoms. The van der Waals surface area contributed by atoms with Crippen LogP contribution >= 0.6 is 11.6 Å². The molecule has 18 heavy (non-hydrogen) atoms. The van der Waals surface area contributed by atoms with E-state index in [2.05, 4.69) is 10.2 Å². The van der Waals surface area contributed by atoms with Crippen molar-refractivity contribution in [1.29, 1.82) is 0 Å². The number of hydrogen-bond acceptors (Lipinski definition) is 4.